The predicted octanol–water partition coefficient (Wildman–Crippen LogP) is 2.44. The quantitative estimate of drug-likeness (QED) is 0.546. The van der Waals surface area contributed by atoms with E-state index in [2.05, 4.69) is 19.2 Å². The third kappa shape index (κ3) is 7.28. The minimum Gasteiger partial charge on any atom is -0.265 e. The van der Waals surface area contributed by atoms with Gasteiger partial charge in [0, 0.05) is 12.4 Å². The molecule has 0 spiro atoms. The van der Waals surface area contributed by atoms with E-state index in [-0.39, 0.29) is 0 Å². The normalized spacial score (nSPS) is 11.3. The second-order valence-corrected chi connectivity index (χ2v) is 1.74. The van der Waals surface area contributed by atoms with Crippen molar-refractivity contribution in [3.63, 3.8) is 0 Å². The van der Waals surface area contributed by atoms with Gasteiger partial charge in [0.05, 0.1) is 0 Å². The molecular formula is C8H14N. The Kier molecular flexibility index (Phi) is 6.70. The Morgan fingerprint density at radius 1 is 1.00 bits per heavy atom. The van der Waals surface area contributed by atoms with Crippen LogP contribution in [0.5, 0.6) is 0 Å². The van der Waals surface area contributed by atoms with Gasteiger partial charge in [-0.3, -0.25) is 5.32 Å². The van der Waals surface area contributed by atoms with Crippen molar-refractivity contribution in [1.82, 2.24) is 5.32 Å². The van der Waals surface area contributed by atoms with Gasteiger partial charge in [-0.05, 0) is 12.8 Å². The Labute approximate surface area is 57.5 Å². The van der Waals surface area contributed by atoms with Crippen LogP contribution in [0.15, 0.2) is 24.6 Å². The van der Waals surface area contributed by atoms with Crippen molar-refractivity contribution >= 4 is 0 Å². The molecule has 0 aliphatic heterocycles. The van der Waals surface area contributed by atoms with Crippen LogP contribution in [0, 0.1) is 0 Å². The second-order valence-electron chi connectivity index (χ2n) is 1.74. The fourth-order valence-corrected chi connectivity index (χ4v) is 0.382. The summed E-state index contributed by atoms with van der Waals surface area (Å²) in [5.74, 6) is 0. The van der Waals surface area contributed by atoms with Crippen LogP contribution in [-0.2, 0) is 0 Å². The summed E-state index contributed by atoms with van der Waals surface area (Å²) in [6.07, 6.45) is 9.82. The molecule has 0 saturated heterocycles. The van der Waals surface area contributed by atoms with Gasteiger partial charge in [0.15, 0.2) is 0 Å². The summed E-state index contributed by atoms with van der Waals surface area (Å²) in [4.78, 5) is 0. The van der Waals surface area contributed by atoms with E-state index in [0.717, 1.165) is 12.8 Å². The van der Waals surface area contributed by atoms with Gasteiger partial charge in [-0.25, -0.2) is 0 Å². The smallest absolute Gasteiger partial charge is 0.0227 e. The maximum absolute atomic E-state index is 3.99. The molecule has 0 aliphatic rings. The second kappa shape index (κ2) is 7.28. The van der Waals surface area contributed by atoms with E-state index in [1.54, 1.807) is 0 Å². The van der Waals surface area contributed by atoms with Crippen molar-refractivity contribution in [2.24, 2.45) is 0 Å². The van der Waals surface area contributed by atoms with Gasteiger partial charge in [-0.1, -0.05) is 26.0 Å². The summed E-state index contributed by atoms with van der Waals surface area (Å²) < 4.78 is 0. The van der Waals surface area contributed by atoms with Crippen molar-refractivity contribution < 1.29 is 0 Å². The summed E-state index contributed by atoms with van der Waals surface area (Å²) in [7, 11) is 0. The minimum atomic E-state index is 1.06. The summed E-state index contributed by atoms with van der Waals surface area (Å²) in [5, 5.41) is 3.99. The molecular weight excluding hydrogens is 110 g/mol. The van der Waals surface area contributed by atoms with E-state index in [1.807, 2.05) is 24.6 Å². The summed E-state index contributed by atoms with van der Waals surface area (Å²) in [5.41, 5.74) is 0. The summed E-state index contributed by atoms with van der Waals surface area (Å²) >= 11 is 0. The molecule has 0 aromatic carbocycles. The predicted molar refractivity (Wildman–Crippen MR) is 41.0 cm³/mol. The zero-order valence-corrected chi connectivity index (χ0v) is 6.17. The first kappa shape index (κ1) is 8.28. The molecule has 0 heterocycles. The molecule has 51 valence electrons. The lowest BCUT2D eigenvalue weighted by Gasteiger charge is -1.81. The summed E-state index contributed by atoms with van der Waals surface area (Å²) in [6.45, 7) is 4.19. The van der Waals surface area contributed by atoms with Crippen LogP contribution in [0.4, 0.5) is 0 Å². The molecule has 9 heavy (non-hydrogen) atoms. The van der Waals surface area contributed by atoms with Crippen LogP contribution in [0.3, 0.4) is 0 Å². The van der Waals surface area contributed by atoms with E-state index in [1.165, 1.54) is 0 Å². The van der Waals surface area contributed by atoms with Crippen LogP contribution in [-0.4, -0.2) is 0 Å². The fraction of sp³-hybridized carbons (Fsp3) is 0.500. The van der Waals surface area contributed by atoms with E-state index in [0.29, 0.717) is 0 Å². The molecule has 0 bridgehead atoms. The highest BCUT2D eigenvalue weighted by Crippen LogP contribution is 1.79. The standard InChI is InChI=1S/C8H14N/c1-3-5-7-9-8-6-4-2/h5-8H,3-4H2,1-2H3/b7-5+,8-6+. The van der Waals surface area contributed by atoms with E-state index in [4.69, 9.17) is 0 Å². The minimum absolute atomic E-state index is 1.06. The highest BCUT2D eigenvalue weighted by molar-refractivity contribution is 4.86. The molecule has 0 fully saturated rings. The highest BCUT2D eigenvalue weighted by atomic mass is 14.8. The van der Waals surface area contributed by atoms with Crippen molar-refractivity contribution in [2.45, 2.75) is 26.7 Å². The Bertz CT molecular complexity index is 80.7. The molecule has 0 amide bonds. The third-order valence-electron chi connectivity index (χ3n) is 0.854. The van der Waals surface area contributed by atoms with Crippen LogP contribution in [0.2, 0.25) is 0 Å². The molecule has 1 heteroatoms. The first-order valence-electron chi connectivity index (χ1n) is 3.41. The van der Waals surface area contributed by atoms with Crippen LogP contribution < -0.4 is 5.32 Å². The van der Waals surface area contributed by atoms with E-state index < -0.39 is 0 Å². The lowest BCUT2D eigenvalue weighted by Crippen LogP contribution is -1.78. The molecule has 0 rings (SSSR count). The average molecular weight is 124 g/mol. The van der Waals surface area contributed by atoms with Crippen LogP contribution in [0.25, 0.3) is 0 Å². The van der Waals surface area contributed by atoms with Gasteiger partial charge in [-0.2, -0.15) is 0 Å². The molecule has 1 nitrogen and oxygen atoms in total. The number of nitrogens with zero attached hydrogens (tertiary/aromatic N) is 1. The lowest BCUT2D eigenvalue weighted by molar-refractivity contribution is 1.09. The van der Waals surface area contributed by atoms with Gasteiger partial charge in [-0.15, -0.1) is 0 Å². The van der Waals surface area contributed by atoms with Gasteiger partial charge >= 0.3 is 0 Å². The molecule has 0 unspecified atom stereocenters. The largest absolute Gasteiger partial charge is 0.265 e. The maximum atomic E-state index is 3.99. The van der Waals surface area contributed by atoms with Crippen LogP contribution in [0.1, 0.15) is 26.7 Å². The average Bonchev–Trinajstić information content (AvgIpc) is 1.89. The molecule has 0 saturated carbocycles. The van der Waals surface area contributed by atoms with Gasteiger partial charge in [0.1, 0.15) is 0 Å². The first-order valence-corrected chi connectivity index (χ1v) is 3.41. The molecule has 0 aliphatic carbocycles. The topological polar surface area (TPSA) is 14.1 Å². The Balaban J connectivity index is 3.08. The van der Waals surface area contributed by atoms with Crippen molar-refractivity contribution in [2.75, 3.05) is 0 Å². The molecule has 0 aromatic rings. The van der Waals surface area contributed by atoms with Crippen molar-refractivity contribution in [3.05, 3.63) is 24.6 Å². The third-order valence-corrected chi connectivity index (χ3v) is 0.854. The Morgan fingerprint density at radius 2 is 1.44 bits per heavy atom. The monoisotopic (exact) mass is 124 g/mol. The van der Waals surface area contributed by atoms with Crippen molar-refractivity contribution in [1.29, 1.82) is 0 Å². The number of hydrogen-bond acceptors (Lipinski definition) is 0. The van der Waals surface area contributed by atoms with Crippen LogP contribution >= 0.6 is 0 Å². The van der Waals surface area contributed by atoms with E-state index in [9.17, 15) is 0 Å². The van der Waals surface area contributed by atoms with Gasteiger partial charge in [0.2, 0.25) is 0 Å². The highest BCUT2D eigenvalue weighted by Gasteiger charge is 1.67. The van der Waals surface area contributed by atoms with E-state index >= 15 is 0 Å². The number of rotatable bonds is 4. The summed E-state index contributed by atoms with van der Waals surface area (Å²) in [6, 6.07) is 0. The number of allylic oxidation sites excluding steroid dienone is 2. The SMILES string of the molecule is CC/C=C/[N]/C=C/CC. The van der Waals surface area contributed by atoms with Gasteiger partial charge < -0.3 is 0 Å². The fourth-order valence-electron chi connectivity index (χ4n) is 0.382. The zero-order chi connectivity index (χ0) is 6.95. The maximum Gasteiger partial charge on any atom is 0.0227 e. The number of hydrogen-bond donors (Lipinski definition) is 0. The zero-order valence-electron chi connectivity index (χ0n) is 6.17. The Morgan fingerprint density at radius 3 is 1.78 bits per heavy atom. The molecule has 0 atom stereocenters. The lowest BCUT2D eigenvalue weighted by atomic mass is 10.4. The molecule has 1 radical (unpaired) electrons. The molecule has 0 aromatic heterocycles. The van der Waals surface area contributed by atoms with Gasteiger partial charge in [0.25, 0.3) is 0 Å². The Hall–Kier alpha value is -0.720. The first-order chi connectivity index (χ1) is 4.41. The van der Waals surface area contributed by atoms with Crippen molar-refractivity contribution in [3.8, 4) is 0 Å². The molecule has 0 N–H and O–H groups in total.